The van der Waals surface area contributed by atoms with Crippen LogP contribution in [0.5, 0.6) is 5.75 Å². The van der Waals surface area contributed by atoms with E-state index in [0.717, 1.165) is 18.2 Å². The molecule has 2 N–H and O–H groups in total. The number of nitrogens with zero attached hydrogens (tertiary/aromatic N) is 1. The Kier molecular flexibility index (Phi) is 5.99. The Morgan fingerprint density at radius 2 is 2.04 bits per heavy atom. The molecular formula is C17H21F3N2O4. The first kappa shape index (κ1) is 19.9. The first-order chi connectivity index (χ1) is 12.1. The molecule has 0 bridgehead atoms. The number of urea groups is 1. The van der Waals surface area contributed by atoms with E-state index in [2.05, 4.69) is 5.32 Å². The monoisotopic (exact) mass is 374 g/mol. The number of carboxylic acids is 1. The Morgan fingerprint density at radius 3 is 2.62 bits per heavy atom. The molecule has 2 amide bonds. The Labute approximate surface area is 148 Å². The maximum atomic E-state index is 12.9. The molecule has 1 aromatic rings. The summed E-state index contributed by atoms with van der Waals surface area (Å²) in [5.41, 5.74) is -1.01. The quantitative estimate of drug-likeness (QED) is 0.843. The summed E-state index contributed by atoms with van der Waals surface area (Å²) >= 11 is 0. The van der Waals surface area contributed by atoms with Gasteiger partial charge in [-0.15, -0.1) is 0 Å². The van der Waals surface area contributed by atoms with Gasteiger partial charge in [-0.2, -0.15) is 13.2 Å². The normalized spacial score (nSPS) is 20.6. The highest BCUT2D eigenvalue weighted by atomic mass is 19.4. The van der Waals surface area contributed by atoms with Crippen LogP contribution >= 0.6 is 0 Å². The van der Waals surface area contributed by atoms with Crippen LogP contribution in [0, 0.1) is 11.8 Å². The molecule has 0 aromatic heterocycles. The minimum atomic E-state index is -4.56. The summed E-state index contributed by atoms with van der Waals surface area (Å²) in [5, 5.41) is 11.6. The lowest BCUT2D eigenvalue weighted by atomic mass is 9.91. The minimum absolute atomic E-state index is 0.00837. The molecule has 1 fully saturated rings. The van der Waals surface area contributed by atoms with E-state index in [-0.39, 0.29) is 30.5 Å². The van der Waals surface area contributed by atoms with Crippen LogP contribution in [0.2, 0.25) is 0 Å². The molecule has 6 nitrogen and oxygen atoms in total. The second kappa shape index (κ2) is 7.84. The Morgan fingerprint density at radius 1 is 1.35 bits per heavy atom. The van der Waals surface area contributed by atoms with Gasteiger partial charge in [0.2, 0.25) is 0 Å². The zero-order chi connectivity index (χ0) is 19.5. The maximum Gasteiger partial charge on any atom is 0.416 e. The van der Waals surface area contributed by atoms with Gasteiger partial charge in [0.05, 0.1) is 23.8 Å². The average Bonchev–Trinajstić information content (AvgIpc) is 2.55. The molecular weight excluding hydrogens is 353 g/mol. The third kappa shape index (κ3) is 4.80. The third-order valence-corrected chi connectivity index (χ3v) is 4.14. The molecule has 2 rings (SSSR count). The second-order valence-corrected chi connectivity index (χ2v) is 6.35. The lowest BCUT2D eigenvalue weighted by molar-refractivity contribution is -0.143. The first-order valence-electron chi connectivity index (χ1n) is 8.24. The first-order valence-corrected chi connectivity index (χ1v) is 8.24. The molecule has 0 saturated carbocycles. The predicted molar refractivity (Wildman–Crippen MR) is 88.1 cm³/mol. The Hall–Kier alpha value is -2.45. The molecule has 0 aliphatic carbocycles. The van der Waals surface area contributed by atoms with Crippen molar-refractivity contribution in [3.05, 3.63) is 23.8 Å². The molecule has 26 heavy (non-hydrogen) atoms. The number of rotatable bonds is 4. The molecule has 2 unspecified atom stereocenters. The largest absolute Gasteiger partial charge is 0.492 e. The summed E-state index contributed by atoms with van der Waals surface area (Å²) in [6.45, 7) is 4.06. The number of carboxylic acid groups (broad SMARTS) is 1. The van der Waals surface area contributed by atoms with Gasteiger partial charge in [0.1, 0.15) is 5.75 Å². The van der Waals surface area contributed by atoms with E-state index >= 15 is 0 Å². The summed E-state index contributed by atoms with van der Waals surface area (Å²) in [6.07, 6.45) is -4.11. The summed E-state index contributed by atoms with van der Waals surface area (Å²) in [7, 11) is 0. The SMILES string of the molecule is CCOc1ccc(C(F)(F)F)cc1NC(=O)N1CC(C)CC(C(=O)O)C1. The van der Waals surface area contributed by atoms with E-state index in [4.69, 9.17) is 4.74 Å². The van der Waals surface area contributed by atoms with E-state index < -0.39 is 29.7 Å². The standard InChI is InChI=1S/C17H21F3N2O4/c1-3-26-14-5-4-12(17(18,19)20)7-13(14)21-16(25)22-8-10(2)6-11(9-22)15(23)24/h4-5,7,10-11H,3,6,8-9H2,1-2H3,(H,21,25)(H,23,24). The van der Waals surface area contributed by atoms with Gasteiger partial charge in [-0.1, -0.05) is 6.92 Å². The lowest BCUT2D eigenvalue weighted by Gasteiger charge is -2.34. The number of carbonyl (C=O) groups excluding carboxylic acids is 1. The number of ether oxygens (including phenoxy) is 1. The summed E-state index contributed by atoms with van der Waals surface area (Å²) in [4.78, 5) is 25.0. The minimum Gasteiger partial charge on any atom is -0.492 e. The van der Waals surface area contributed by atoms with Gasteiger partial charge in [0, 0.05) is 13.1 Å². The van der Waals surface area contributed by atoms with Crippen molar-refractivity contribution in [1.82, 2.24) is 4.90 Å². The van der Waals surface area contributed by atoms with Gasteiger partial charge in [-0.25, -0.2) is 4.79 Å². The maximum absolute atomic E-state index is 12.9. The van der Waals surface area contributed by atoms with Crippen LogP contribution < -0.4 is 10.1 Å². The number of benzene rings is 1. The fourth-order valence-electron chi connectivity index (χ4n) is 2.98. The Balaban J connectivity index is 2.22. The summed E-state index contributed by atoms with van der Waals surface area (Å²) in [6, 6.07) is 2.19. The van der Waals surface area contributed by atoms with Gasteiger partial charge in [-0.3, -0.25) is 4.79 Å². The molecule has 0 spiro atoms. The summed E-state index contributed by atoms with van der Waals surface area (Å²) < 4.78 is 44.1. The highest BCUT2D eigenvalue weighted by Crippen LogP contribution is 2.35. The van der Waals surface area contributed by atoms with Crippen LogP contribution in [0.4, 0.5) is 23.7 Å². The van der Waals surface area contributed by atoms with Crippen molar-refractivity contribution in [2.24, 2.45) is 11.8 Å². The van der Waals surface area contributed by atoms with Crippen LogP contribution in [0.15, 0.2) is 18.2 Å². The molecule has 0 radical (unpaired) electrons. The number of alkyl halides is 3. The third-order valence-electron chi connectivity index (χ3n) is 4.14. The van der Waals surface area contributed by atoms with E-state index in [1.54, 1.807) is 6.92 Å². The van der Waals surface area contributed by atoms with Crippen LogP contribution in [0.3, 0.4) is 0 Å². The van der Waals surface area contributed by atoms with Gasteiger partial charge in [-0.05, 0) is 37.5 Å². The zero-order valence-electron chi connectivity index (χ0n) is 14.5. The molecule has 1 aliphatic heterocycles. The highest BCUT2D eigenvalue weighted by molar-refractivity contribution is 5.91. The zero-order valence-corrected chi connectivity index (χ0v) is 14.5. The van der Waals surface area contributed by atoms with E-state index in [9.17, 15) is 27.9 Å². The topological polar surface area (TPSA) is 78.9 Å². The van der Waals surface area contributed by atoms with Crippen molar-refractivity contribution in [3.63, 3.8) is 0 Å². The van der Waals surface area contributed by atoms with Crippen molar-refractivity contribution in [2.75, 3.05) is 25.0 Å². The summed E-state index contributed by atoms with van der Waals surface area (Å²) in [5.74, 6) is -1.60. The van der Waals surface area contributed by atoms with Gasteiger partial charge in [0.25, 0.3) is 0 Å². The Bertz CT molecular complexity index is 678. The van der Waals surface area contributed by atoms with Gasteiger partial charge < -0.3 is 20.1 Å². The number of halogens is 3. The number of hydrogen-bond donors (Lipinski definition) is 2. The van der Waals surface area contributed by atoms with Gasteiger partial charge >= 0.3 is 18.2 Å². The van der Waals surface area contributed by atoms with Crippen molar-refractivity contribution in [1.29, 1.82) is 0 Å². The van der Waals surface area contributed by atoms with Crippen molar-refractivity contribution < 1.29 is 32.6 Å². The van der Waals surface area contributed by atoms with E-state index in [0.29, 0.717) is 13.0 Å². The van der Waals surface area contributed by atoms with Crippen molar-refractivity contribution >= 4 is 17.7 Å². The number of hydrogen-bond acceptors (Lipinski definition) is 3. The van der Waals surface area contributed by atoms with Crippen molar-refractivity contribution in [3.8, 4) is 5.75 Å². The number of likely N-dealkylation sites (tertiary alicyclic amines) is 1. The van der Waals surface area contributed by atoms with Crippen LogP contribution in [0.25, 0.3) is 0 Å². The predicted octanol–water partition coefficient (Wildman–Crippen LogP) is 3.68. The molecule has 1 heterocycles. The fourth-order valence-corrected chi connectivity index (χ4v) is 2.98. The number of amides is 2. The number of anilines is 1. The van der Waals surface area contributed by atoms with Gasteiger partial charge in [0.15, 0.2) is 0 Å². The molecule has 9 heteroatoms. The number of aliphatic carboxylic acids is 1. The molecule has 1 aliphatic rings. The molecule has 2 atom stereocenters. The van der Waals surface area contributed by atoms with E-state index in [1.165, 1.54) is 4.90 Å². The van der Waals surface area contributed by atoms with Crippen LogP contribution in [-0.4, -0.2) is 41.7 Å². The smallest absolute Gasteiger partial charge is 0.416 e. The molecule has 1 aromatic carbocycles. The van der Waals surface area contributed by atoms with Crippen LogP contribution in [0.1, 0.15) is 25.8 Å². The fraction of sp³-hybridized carbons (Fsp3) is 0.529. The molecule has 144 valence electrons. The van der Waals surface area contributed by atoms with E-state index in [1.807, 2.05) is 6.92 Å². The van der Waals surface area contributed by atoms with Crippen LogP contribution in [-0.2, 0) is 11.0 Å². The number of nitrogens with one attached hydrogen (secondary N) is 1. The lowest BCUT2D eigenvalue weighted by Crippen LogP contribution is -2.47. The second-order valence-electron chi connectivity index (χ2n) is 6.35. The molecule has 1 saturated heterocycles. The number of piperidine rings is 1. The average molecular weight is 374 g/mol. The van der Waals surface area contributed by atoms with Crippen molar-refractivity contribution in [2.45, 2.75) is 26.4 Å². The number of carbonyl (C=O) groups is 2. The highest BCUT2D eigenvalue weighted by Gasteiger charge is 2.34.